The molecule has 1 aromatic carbocycles. The number of anilines is 1. The molecule has 17 heavy (non-hydrogen) atoms. The van der Waals surface area contributed by atoms with Gasteiger partial charge in [-0.1, -0.05) is 12.1 Å². The van der Waals surface area contributed by atoms with Crippen LogP contribution in [0.3, 0.4) is 0 Å². The Labute approximate surface area is 102 Å². The van der Waals surface area contributed by atoms with Crippen LogP contribution in [0.1, 0.15) is 20.9 Å². The van der Waals surface area contributed by atoms with Crippen LogP contribution in [0, 0.1) is 19.7 Å². The maximum Gasteiger partial charge on any atom is 0.260 e. The van der Waals surface area contributed by atoms with Crippen LogP contribution in [0.5, 0.6) is 0 Å². The highest BCUT2D eigenvalue weighted by Gasteiger charge is 2.13. The molecule has 0 saturated heterocycles. The minimum Gasteiger partial charge on any atom is -0.298 e. The Bertz CT molecular complexity index is 546. The number of hydrogen-bond acceptors (Lipinski definition) is 3. The molecule has 0 saturated carbocycles. The number of benzene rings is 1. The minimum absolute atomic E-state index is 0.0259. The number of carbonyl (C=O) groups excluding carboxylic acids is 1. The second kappa shape index (κ2) is 4.63. The van der Waals surface area contributed by atoms with E-state index in [1.807, 2.05) is 13.8 Å². The van der Waals surface area contributed by atoms with Gasteiger partial charge in [-0.3, -0.25) is 10.1 Å². The Morgan fingerprint density at radius 1 is 1.35 bits per heavy atom. The molecule has 88 valence electrons. The van der Waals surface area contributed by atoms with Crippen molar-refractivity contribution in [2.45, 2.75) is 13.8 Å². The van der Waals surface area contributed by atoms with Gasteiger partial charge >= 0.3 is 0 Å². The highest BCUT2D eigenvalue weighted by Crippen LogP contribution is 2.21. The molecular formula is C12H11FN2OS. The molecule has 0 aliphatic carbocycles. The summed E-state index contributed by atoms with van der Waals surface area (Å²) in [7, 11) is 0. The van der Waals surface area contributed by atoms with Crippen molar-refractivity contribution in [1.82, 2.24) is 4.98 Å². The van der Waals surface area contributed by atoms with E-state index in [-0.39, 0.29) is 5.56 Å². The first-order chi connectivity index (χ1) is 8.08. The average Bonchev–Trinajstić information content (AvgIpc) is 2.58. The molecule has 3 nitrogen and oxygen atoms in total. The molecule has 0 aliphatic heterocycles. The van der Waals surface area contributed by atoms with Crippen molar-refractivity contribution in [1.29, 1.82) is 0 Å². The average molecular weight is 250 g/mol. The topological polar surface area (TPSA) is 42.0 Å². The Balaban J connectivity index is 2.20. The van der Waals surface area contributed by atoms with Crippen molar-refractivity contribution in [2.75, 3.05) is 5.32 Å². The molecule has 0 bridgehead atoms. The molecular weight excluding hydrogens is 239 g/mol. The second-order valence-corrected chi connectivity index (χ2v) is 4.80. The van der Waals surface area contributed by atoms with Crippen LogP contribution in [0.15, 0.2) is 24.3 Å². The van der Waals surface area contributed by atoms with Gasteiger partial charge in [-0.25, -0.2) is 9.37 Å². The fraction of sp³-hybridized carbons (Fsp3) is 0.167. The Morgan fingerprint density at radius 3 is 2.65 bits per heavy atom. The zero-order chi connectivity index (χ0) is 12.4. The number of nitrogens with zero attached hydrogens (tertiary/aromatic N) is 1. The molecule has 2 rings (SSSR count). The largest absolute Gasteiger partial charge is 0.298 e. The summed E-state index contributed by atoms with van der Waals surface area (Å²) in [5.74, 6) is -1.01. The van der Waals surface area contributed by atoms with Crippen molar-refractivity contribution < 1.29 is 9.18 Å². The summed E-state index contributed by atoms with van der Waals surface area (Å²) >= 11 is 1.38. The Hall–Kier alpha value is -1.75. The first-order valence-electron chi connectivity index (χ1n) is 5.08. The maximum atomic E-state index is 13.3. The van der Waals surface area contributed by atoms with E-state index in [0.29, 0.717) is 5.13 Å². The summed E-state index contributed by atoms with van der Waals surface area (Å²) in [5, 5.41) is 3.08. The molecule has 1 amide bonds. The van der Waals surface area contributed by atoms with Gasteiger partial charge in [0, 0.05) is 4.88 Å². The number of nitrogens with one attached hydrogen (secondary N) is 1. The number of halogens is 1. The smallest absolute Gasteiger partial charge is 0.260 e. The van der Waals surface area contributed by atoms with Crippen molar-refractivity contribution in [3.8, 4) is 0 Å². The van der Waals surface area contributed by atoms with E-state index in [4.69, 9.17) is 0 Å². The van der Waals surface area contributed by atoms with E-state index in [9.17, 15) is 9.18 Å². The molecule has 0 aliphatic rings. The number of aromatic nitrogens is 1. The zero-order valence-corrected chi connectivity index (χ0v) is 10.3. The lowest BCUT2D eigenvalue weighted by Crippen LogP contribution is -2.13. The lowest BCUT2D eigenvalue weighted by atomic mass is 10.2. The molecule has 5 heteroatoms. The van der Waals surface area contributed by atoms with Gasteiger partial charge in [0.05, 0.1) is 11.3 Å². The number of rotatable bonds is 2. The van der Waals surface area contributed by atoms with E-state index in [2.05, 4.69) is 10.3 Å². The lowest BCUT2D eigenvalue weighted by Gasteiger charge is -2.02. The third kappa shape index (κ3) is 2.50. The van der Waals surface area contributed by atoms with Gasteiger partial charge in [-0.2, -0.15) is 0 Å². The molecule has 1 aromatic heterocycles. The van der Waals surface area contributed by atoms with Crippen molar-refractivity contribution >= 4 is 22.4 Å². The van der Waals surface area contributed by atoms with Gasteiger partial charge < -0.3 is 0 Å². The first-order valence-corrected chi connectivity index (χ1v) is 5.89. The third-order valence-corrected chi connectivity index (χ3v) is 3.36. The number of thiazole rings is 1. The minimum atomic E-state index is -0.532. The predicted molar refractivity (Wildman–Crippen MR) is 65.9 cm³/mol. The highest BCUT2D eigenvalue weighted by atomic mass is 32.1. The molecule has 0 radical (unpaired) electrons. The Morgan fingerprint density at radius 2 is 2.06 bits per heavy atom. The van der Waals surface area contributed by atoms with E-state index in [1.165, 1.54) is 23.5 Å². The summed E-state index contributed by atoms with van der Waals surface area (Å²) in [6.07, 6.45) is 0. The third-order valence-electron chi connectivity index (χ3n) is 2.37. The van der Waals surface area contributed by atoms with Crippen LogP contribution in [0.25, 0.3) is 0 Å². The molecule has 0 spiro atoms. The Kier molecular flexibility index (Phi) is 3.19. The van der Waals surface area contributed by atoms with Crippen molar-refractivity contribution in [3.05, 3.63) is 46.2 Å². The predicted octanol–water partition coefficient (Wildman–Crippen LogP) is 3.15. The number of amides is 1. The standard InChI is InChI=1S/C12H11FN2OS/c1-7-8(2)17-12(14-7)15-11(16)9-5-3-4-6-10(9)13/h3-6H,1-2H3,(H,14,15,16). The van der Waals surface area contributed by atoms with Crippen molar-refractivity contribution in [2.24, 2.45) is 0 Å². The van der Waals surface area contributed by atoms with E-state index < -0.39 is 11.7 Å². The summed E-state index contributed by atoms with van der Waals surface area (Å²) in [6, 6.07) is 5.87. The molecule has 0 atom stereocenters. The normalized spacial score (nSPS) is 10.3. The highest BCUT2D eigenvalue weighted by molar-refractivity contribution is 7.15. The SMILES string of the molecule is Cc1nc(NC(=O)c2ccccc2F)sc1C. The number of hydrogen-bond donors (Lipinski definition) is 1. The molecule has 1 heterocycles. The fourth-order valence-electron chi connectivity index (χ4n) is 1.34. The van der Waals surface area contributed by atoms with Crippen LogP contribution in [0.2, 0.25) is 0 Å². The number of aryl methyl sites for hydroxylation is 2. The van der Waals surface area contributed by atoms with Gasteiger partial charge in [0.2, 0.25) is 0 Å². The van der Waals surface area contributed by atoms with E-state index in [1.54, 1.807) is 12.1 Å². The van der Waals surface area contributed by atoms with Gasteiger partial charge in [0.1, 0.15) is 5.82 Å². The lowest BCUT2D eigenvalue weighted by molar-refractivity contribution is 0.102. The van der Waals surface area contributed by atoms with Crippen molar-refractivity contribution in [3.63, 3.8) is 0 Å². The van der Waals surface area contributed by atoms with Crippen LogP contribution in [-0.2, 0) is 0 Å². The van der Waals surface area contributed by atoms with E-state index >= 15 is 0 Å². The number of carbonyl (C=O) groups is 1. The second-order valence-electron chi connectivity index (χ2n) is 3.59. The zero-order valence-electron chi connectivity index (χ0n) is 9.45. The van der Waals surface area contributed by atoms with Gasteiger partial charge in [-0.15, -0.1) is 11.3 Å². The summed E-state index contributed by atoms with van der Waals surface area (Å²) in [4.78, 5) is 17.0. The summed E-state index contributed by atoms with van der Waals surface area (Å²) < 4.78 is 13.3. The van der Waals surface area contributed by atoms with Crippen LogP contribution in [-0.4, -0.2) is 10.9 Å². The quantitative estimate of drug-likeness (QED) is 0.889. The first kappa shape index (κ1) is 11.7. The molecule has 2 aromatic rings. The summed E-state index contributed by atoms with van der Waals surface area (Å²) in [5.41, 5.74) is 0.900. The van der Waals surface area contributed by atoms with Crippen LogP contribution in [0.4, 0.5) is 9.52 Å². The van der Waals surface area contributed by atoms with Crippen LogP contribution >= 0.6 is 11.3 Å². The van der Waals surface area contributed by atoms with E-state index in [0.717, 1.165) is 10.6 Å². The van der Waals surface area contributed by atoms with Gasteiger partial charge in [0.25, 0.3) is 5.91 Å². The molecule has 0 fully saturated rings. The molecule has 0 unspecified atom stereocenters. The van der Waals surface area contributed by atoms with Gasteiger partial charge in [-0.05, 0) is 26.0 Å². The maximum absolute atomic E-state index is 13.3. The molecule has 1 N–H and O–H groups in total. The fourth-order valence-corrected chi connectivity index (χ4v) is 2.15. The van der Waals surface area contributed by atoms with Crippen LogP contribution < -0.4 is 5.32 Å². The van der Waals surface area contributed by atoms with Gasteiger partial charge in [0.15, 0.2) is 5.13 Å². The summed E-state index contributed by atoms with van der Waals surface area (Å²) in [6.45, 7) is 3.79. The monoisotopic (exact) mass is 250 g/mol.